The van der Waals surface area contributed by atoms with Crippen LogP contribution in [0.2, 0.25) is 0 Å². The molecule has 1 aromatic heterocycles. The molecule has 1 heterocycles. The molecule has 86 valence electrons. The minimum Gasteiger partial charge on any atom is -0.393 e. The van der Waals surface area contributed by atoms with Crippen LogP contribution in [0.4, 0.5) is 0 Å². The highest BCUT2D eigenvalue weighted by atomic mass is 32.1. The quantitative estimate of drug-likeness (QED) is 0.785. The number of aryl methyl sites for hydroxylation is 1. The van der Waals surface area contributed by atoms with Crippen molar-refractivity contribution in [2.45, 2.75) is 52.6 Å². The van der Waals surface area contributed by atoms with E-state index in [1.54, 1.807) is 0 Å². The fraction of sp³-hybridized carbons (Fsp3) is 0.692. The SMILES string of the molecule is CCc1ccc(CC(O)CCC(C)C)s1. The van der Waals surface area contributed by atoms with Gasteiger partial charge >= 0.3 is 0 Å². The van der Waals surface area contributed by atoms with Crippen LogP contribution in [-0.2, 0) is 12.8 Å². The Bertz CT molecular complexity index is 278. The zero-order valence-electron chi connectivity index (χ0n) is 9.99. The van der Waals surface area contributed by atoms with Crippen LogP contribution in [0.3, 0.4) is 0 Å². The fourth-order valence-electron chi connectivity index (χ4n) is 1.58. The normalized spacial score (nSPS) is 13.4. The lowest BCUT2D eigenvalue weighted by Crippen LogP contribution is -2.10. The minimum atomic E-state index is -0.157. The van der Waals surface area contributed by atoms with Gasteiger partial charge in [-0.25, -0.2) is 0 Å². The number of hydrogen-bond acceptors (Lipinski definition) is 2. The van der Waals surface area contributed by atoms with Gasteiger partial charge in [0.25, 0.3) is 0 Å². The summed E-state index contributed by atoms with van der Waals surface area (Å²) in [5, 5.41) is 9.84. The lowest BCUT2D eigenvalue weighted by atomic mass is 10.0. The molecule has 1 atom stereocenters. The summed E-state index contributed by atoms with van der Waals surface area (Å²) in [6, 6.07) is 4.33. The fourth-order valence-corrected chi connectivity index (χ4v) is 2.61. The zero-order valence-corrected chi connectivity index (χ0v) is 10.8. The molecule has 1 rings (SSSR count). The topological polar surface area (TPSA) is 20.2 Å². The van der Waals surface area contributed by atoms with Gasteiger partial charge in [0.15, 0.2) is 0 Å². The lowest BCUT2D eigenvalue weighted by Gasteiger charge is -2.10. The molecule has 0 aliphatic rings. The maximum Gasteiger partial charge on any atom is 0.0588 e. The molecule has 2 heteroatoms. The standard InChI is InChI=1S/C13H22OS/c1-4-12-7-8-13(15-12)9-11(14)6-5-10(2)3/h7-8,10-11,14H,4-6,9H2,1-3H3. The second-order valence-corrected chi connectivity index (χ2v) is 5.80. The van der Waals surface area contributed by atoms with E-state index in [1.807, 2.05) is 11.3 Å². The van der Waals surface area contributed by atoms with Gasteiger partial charge in [-0.2, -0.15) is 0 Å². The van der Waals surface area contributed by atoms with Crippen LogP contribution in [0.1, 0.15) is 43.4 Å². The molecule has 0 saturated carbocycles. The number of aliphatic hydroxyl groups excluding tert-OH is 1. The number of hydrogen-bond donors (Lipinski definition) is 1. The first kappa shape index (κ1) is 12.7. The van der Waals surface area contributed by atoms with Gasteiger partial charge in [-0.05, 0) is 37.3 Å². The Labute approximate surface area is 97.2 Å². The van der Waals surface area contributed by atoms with E-state index in [-0.39, 0.29) is 6.10 Å². The average Bonchev–Trinajstić information content (AvgIpc) is 2.62. The number of rotatable bonds is 6. The molecule has 1 nitrogen and oxygen atoms in total. The smallest absolute Gasteiger partial charge is 0.0588 e. The minimum absolute atomic E-state index is 0.157. The summed E-state index contributed by atoms with van der Waals surface area (Å²) < 4.78 is 0. The van der Waals surface area contributed by atoms with Crippen molar-refractivity contribution in [3.05, 3.63) is 21.9 Å². The predicted molar refractivity (Wildman–Crippen MR) is 67.5 cm³/mol. The molecule has 0 spiro atoms. The summed E-state index contributed by atoms with van der Waals surface area (Å²) in [6.07, 6.45) is 3.82. The largest absolute Gasteiger partial charge is 0.393 e. The zero-order chi connectivity index (χ0) is 11.3. The van der Waals surface area contributed by atoms with Gasteiger partial charge in [0.1, 0.15) is 0 Å². The van der Waals surface area contributed by atoms with Gasteiger partial charge in [0.2, 0.25) is 0 Å². The summed E-state index contributed by atoms with van der Waals surface area (Å²) in [7, 11) is 0. The number of aliphatic hydroxyl groups is 1. The van der Waals surface area contributed by atoms with E-state index in [0.717, 1.165) is 25.7 Å². The summed E-state index contributed by atoms with van der Waals surface area (Å²) in [5.41, 5.74) is 0. The summed E-state index contributed by atoms with van der Waals surface area (Å²) in [6.45, 7) is 6.57. The van der Waals surface area contributed by atoms with Crippen molar-refractivity contribution in [1.82, 2.24) is 0 Å². The van der Waals surface area contributed by atoms with Gasteiger partial charge in [0.05, 0.1) is 6.10 Å². The summed E-state index contributed by atoms with van der Waals surface area (Å²) in [5.74, 6) is 0.689. The van der Waals surface area contributed by atoms with Crippen LogP contribution in [0.15, 0.2) is 12.1 Å². The Hall–Kier alpha value is -0.340. The van der Waals surface area contributed by atoms with Crippen molar-refractivity contribution in [3.8, 4) is 0 Å². The molecule has 0 aromatic carbocycles. The molecule has 0 bridgehead atoms. The van der Waals surface area contributed by atoms with E-state index in [9.17, 15) is 5.11 Å². The van der Waals surface area contributed by atoms with Gasteiger partial charge in [-0.3, -0.25) is 0 Å². The van der Waals surface area contributed by atoms with E-state index in [1.165, 1.54) is 9.75 Å². The maximum absolute atomic E-state index is 9.84. The van der Waals surface area contributed by atoms with Gasteiger partial charge in [-0.1, -0.05) is 20.8 Å². The Balaban J connectivity index is 2.33. The molecule has 1 aromatic rings. The lowest BCUT2D eigenvalue weighted by molar-refractivity contribution is 0.158. The Morgan fingerprint density at radius 1 is 1.20 bits per heavy atom. The molecule has 0 aliphatic carbocycles. The average molecular weight is 226 g/mol. The van der Waals surface area contributed by atoms with Crippen molar-refractivity contribution in [1.29, 1.82) is 0 Å². The van der Waals surface area contributed by atoms with Crippen molar-refractivity contribution in [3.63, 3.8) is 0 Å². The van der Waals surface area contributed by atoms with Crippen LogP contribution >= 0.6 is 11.3 Å². The predicted octanol–water partition coefficient (Wildman–Crippen LogP) is 3.65. The van der Waals surface area contributed by atoms with Gasteiger partial charge < -0.3 is 5.11 Å². The van der Waals surface area contributed by atoms with E-state index < -0.39 is 0 Å². The molecule has 0 radical (unpaired) electrons. The first-order valence-electron chi connectivity index (χ1n) is 5.87. The van der Waals surface area contributed by atoms with Crippen LogP contribution in [-0.4, -0.2) is 11.2 Å². The highest BCUT2D eigenvalue weighted by molar-refractivity contribution is 7.11. The third kappa shape index (κ3) is 4.80. The first-order chi connectivity index (χ1) is 7.11. The van der Waals surface area contributed by atoms with Crippen LogP contribution in [0, 0.1) is 5.92 Å². The van der Waals surface area contributed by atoms with E-state index >= 15 is 0 Å². The highest BCUT2D eigenvalue weighted by Crippen LogP contribution is 2.20. The summed E-state index contributed by atoms with van der Waals surface area (Å²) in [4.78, 5) is 2.74. The Morgan fingerprint density at radius 3 is 2.40 bits per heavy atom. The van der Waals surface area contributed by atoms with Crippen molar-refractivity contribution < 1.29 is 5.11 Å². The number of thiophene rings is 1. The monoisotopic (exact) mass is 226 g/mol. The summed E-state index contributed by atoms with van der Waals surface area (Å²) >= 11 is 1.84. The van der Waals surface area contributed by atoms with Gasteiger partial charge in [-0.15, -0.1) is 11.3 Å². The molecule has 0 amide bonds. The molecule has 0 aliphatic heterocycles. The molecular weight excluding hydrogens is 204 g/mol. The third-order valence-corrected chi connectivity index (χ3v) is 3.83. The van der Waals surface area contributed by atoms with E-state index in [0.29, 0.717) is 5.92 Å². The van der Waals surface area contributed by atoms with Crippen molar-refractivity contribution >= 4 is 11.3 Å². The highest BCUT2D eigenvalue weighted by Gasteiger charge is 2.08. The van der Waals surface area contributed by atoms with E-state index in [4.69, 9.17) is 0 Å². The molecule has 1 unspecified atom stereocenters. The maximum atomic E-state index is 9.84. The van der Waals surface area contributed by atoms with Crippen molar-refractivity contribution in [2.24, 2.45) is 5.92 Å². The second kappa shape index (κ2) is 6.29. The van der Waals surface area contributed by atoms with Gasteiger partial charge in [0, 0.05) is 16.2 Å². The van der Waals surface area contributed by atoms with Crippen LogP contribution in [0.25, 0.3) is 0 Å². The second-order valence-electron chi connectivity index (χ2n) is 4.55. The first-order valence-corrected chi connectivity index (χ1v) is 6.69. The molecular formula is C13H22OS. The Morgan fingerprint density at radius 2 is 1.87 bits per heavy atom. The molecule has 0 fully saturated rings. The Kier molecular flexibility index (Phi) is 5.34. The molecule has 0 saturated heterocycles. The van der Waals surface area contributed by atoms with Crippen molar-refractivity contribution in [2.75, 3.05) is 0 Å². The van der Waals surface area contributed by atoms with Crippen LogP contribution < -0.4 is 0 Å². The van der Waals surface area contributed by atoms with Crippen LogP contribution in [0.5, 0.6) is 0 Å². The molecule has 15 heavy (non-hydrogen) atoms. The molecule has 1 N–H and O–H groups in total. The van der Waals surface area contributed by atoms with E-state index in [2.05, 4.69) is 32.9 Å². The third-order valence-electron chi connectivity index (χ3n) is 2.58.